The van der Waals surface area contributed by atoms with Crippen molar-refractivity contribution >= 4 is 17.2 Å². The Kier molecular flexibility index (Phi) is 4.16. The van der Waals surface area contributed by atoms with Crippen LogP contribution in [0.5, 0.6) is 5.75 Å². The number of rotatable bonds is 4. The van der Waals surface area contributed by atoms with Crippen molar-refractivity contribution in [3.05, 3.63) is 29.7 Å². The van der Waals surface area contributed by atoms with Gasteiger partial charge in [0.15, 0.2) is 11.4 Å². The van der Waals surface area contributed by atoms with Gasteiger partial charge in [0.1, 0.15) is 0 Å². The van der Waals surface area contributed by atoms with E-state index in [1.807, 2.05) is 29.7 Å². The highest BCUT2D eigenvalue weighted by Crippen LogP contribution is 2.27. The number of fused-ring (bicyclic) bond motifs is 1. The number of imidazole rings is 1. The molecular formula is C16H21ClN2O. The second-order valence-electron chi connectivity index (χ2n) is 5.66. The van der Waals surface area contributed by atoms with Gasteiger partial charge in [-0.05, 0) is 37.8 Å². The van der Waals surface area contributed by atoms with E-state index in [1.165, 1.54) is 32.1 Å². The zero-order chi connectivity index (χ0) is 13.9. The Morgan fingerprint density at radius 3 is 2.90 bits per heavy atom. The van der Waals surface area contributed by atoms with Crippen molar-refractivity contribution in [2.45, 2.75) is 44.9 Å². The molecule has 1 saturated carbocycles. The summed E-state index contributed by atoms with van der Waals surface area (Å²) in [6.45, 7) is 2.80. The smallest absolute Gasteiger partial charge is 0.180 e. The largest absolute Gasteiger partial charge is 0.489 e. The van der Waals surface area contributed by atoms with Gasteiger partial charge in [-0.1, -0.05) is 19.3 Å². The van der Waals surface area contributed by atoms with E-state index < -0.39 is 0 Å². The molecule has 2 heterocycles. The van der Waals surface area contributed by atoms with Crippen molar-refractivity contribution < 1.29 is 4.74 Å². The molecule has 0 unspecified atom stereocenters. The van der Waals surface area contributed by atoms with Gasteiger partial charge in [0.05, 0.1) is 23.9 Å². The van der Waals surface area contributed by atoms with E-state index in [0.29, 0.717) is 11.8 Å². The van der Waals surface area contributed by atoms with Crippen molar-refractivity contribution in [3.63, 3.8) is 0 Å². The average Bonchev–Trinajstić information content (AvgIpc) is 2.82. The van der Waals surface area contributed by atoms with Gasteiger partial charge in [0, 0.05) is 6.20 Å². The highest BCUT2D eigenvalue weighted by Gasteiger charge is 2.16. The van der Waals surface area contributed by atoms with E-state index in [0.717, 1.165) is 29.4 Å². The maximum atomic E-state index is 6.05. The summed E-state index contributed by atoms with van der Waals surface area (Å²) in [4.78, 5) is 4.60. The van der Waals surface area contributed by atoms with E-state index in [4.69, 9.17) is 16.3 Å². The standard InChI is InChI=1S/C16H21ClN2O/c1-12-14(10-17)19-9-5-8-15(16(19)18-12)20-11-13-6-3-2-4-7-13/h5,8-9,13H,2-4,6-7,10-11H2,1H3. The average molecular weight is 293 g/mol. The van der Waals surface area contributed by atoms with Crippen LogP contribution in [0.1, 0.15) is 43.5 Å². The Bertz CT molecular complexity index is 587. The van der Waals surface area contributed by atoms with Gasteiger partial charge >= 0.3 is 0 Å². The maximum absolute atomic E-state index is 6.05. The summed E-state index contributed by atoms with van der Waals surface area (Å²) in [5.74, 6) is 2.05. The number of aryl methyl sites for hydroxylation is 1. The number of hydrogen-bond donors (Lipinski definition) is 0. The lowest BCUT2D eigenvalue weighted by Crippen LogP contribution is -2.15. The predicted molar refractivity (Wildman–Crippen MR) is 81.6 cm³/mol. The van der Waals surface area contributed by atoms with Crippen LogP contribution >= 0.6 is 11.6 Å². The molecule has 0 spiro atoms. The Morgan fingerprint density at radius 1 is 1.35 bits per heavy atom. The summed E-state index contributed by atoms with van der Waals surface area (Å²) in [7, 11) is 0. The number of ether oxygens (including phenoxy) is 1. The van der Waals surface area contributed by atoms with Crippen LogP contribution in [0.25, 0.3) is 5.65 Å². The van der Waals surface area contributed by atoms with Crippen molar-refractivity contribution in [2.75, 3.05) is 6.61 Å². The van der Waals surface area contributed by atoms with Crippen LogP contribution in [0.2, 0.25) is 0 Å². The first-order valence-electron chi connectivity index (χ1n) is 7.45. The van der Waals surface area contributed by atoms with Gasteiger partial charge in [0.25, 0.3) is 0 Å². The third kappa shape index (κ3) is 2.64. The van der Waals surface area contributed by atoms with Crippen molar-refractivity contribution in [2.24, 2.45) is 5.92 Å². The lowest BCUT2D eigenvalue weighted by atomic mass is 9.90. The molecule has 108 valence electrons. The van der Waals surface area contributed by atoms with Gasteiger partial charge in [-0.3, -0.25) is 4.40 Å². The van der Waals surface area contributed by atoms with Gasteiger partial charge in [-0.2, -0.15) is 0 Å². The van der Waals surface area contributed by atoms with Crippen molar-refractivity contribution in [1.29, 1.82) is 0 Å². The highest BCUT2D eigenvalue weighted by molar-refractivity contribution is 6.17. The molecule has 3 rings (SSSR count). The van der Waals surface area contributed by atoms with Crippen LogP contribution in [-0.2, 0) is 5.88 Å². The minimum Gasteiger partial charge on any atom is -0.489 e. The quantitative estimate of drug-likeness (QED) is 0.784. The fraction of sp³-hybridized carbons (Fsp3) is 0.562. The van der Waals surface area contributed by atoms with E-state index in [1.54, 1.807) is 0 Å². The minimum absolute atomic E-state index is 0.471. The number of pyridine rings is 1. The molecule has 0 N–H and O–H groups in total. The second-order valence-corrected chi connectivity index (χ2v) is 5.93. The first-order valence-corrected chi connectivity index (χ1v) is 7.98. The summed E-state index contributed by atoms with van der Waals surface area (Å²) in [6.07, 6.45) is 8.66. The van der Waals surface area contributed by atoms with Gasteiger partial charge in [0.2, 0.25) is 0 Å². The summed E-state index contributed by atoms with van der Waals surface area (Å²) in [5.41, 5.74) is 2.91. The van der Waals surface area contributed by atoms with Crippen LogP contribution < -0.4 is 4.74 Å². The second kappa shape index (κ2) is 6.04. The molecule has 3 nitrogen and oxygen atoms in total. The minimum atomic E-state index is 0.471. The van der Waals surface area contributed by atoms with Crippen LogP contribution in [0.15, 0.2) is 18.3 Å². The summed E-state index contributed by atoms with van der Waals surface area (Å²) in [5, 5.41) is 0. The molecule has 4 heteroatoms. The van der Waals surface area contributed by atoms with Crippen LogP contribution in [0.3, 0.4) is 0 Å². The predicted octanol–water partition coefficient (Wildman–Crippen LogP) is 4.34. The van der Waals surface area contributed by atoms with Crippen molar-refractivity contribution in [3.8, 4) is 5.75 Å². The zero-order valence-corrected chi connectivity index (χ0v) is 12.7. The Labute approximate surface area is 124 Å². The maximum Gasteiger partial charge on any atom is 0.180 e. The normalized spacial score (nSPS) is 16.7. The first kappa shape index (κ1) is 13.7. The van der Waals surface area contributed by atoms with Crippen molar-refractivity contribution in [1.82, 2.24) is 9.38 Å². The number of aromatic nitrogens is 2. The molecular weight excluding hydrogens is 272 g/mol. The molecule has 1 fully saturated rings. The van der Waals surface area contributed by atoms with Crippen LogP contribution in [0, 0.1) is 12.8 Å². The Balaban J connectivity index is 1.80. The lowest BCUT2D eigenvalue weighted by Gasteiger charge is -2.21. The molecule has 0 radical (unpaired) electrons. The molecule has 0 bridgehead atoms. The topological polar surface area (TPSA) is 26.5 Å². The first-order chi connectivity index (χ1) is 9.79. The molecule has 1 aliphatic rings. The third-order valence-electron chi connectivity index (χ3n) is 4.24. The third-order valence-corrected chi connectivity index (χ3v) is 4.49. The molecule has 2 aromatic rings. The summed E-state index contributed by atoms with van der Waals surface area (Å²) < 4.78 is 8.09. The van der Waals surface area contributed by atoms with E-state index in [9.17, 15) is 0 Å². The van der Waals surface area contributed by atoms with E-state index in [2.05, 4.69) is 4.98 Å². The van der Waals surface area contributed by atoms with E-state index >= 15 is 0 Å². The molecule has 20 heavy (non-hydrogen) atoms. The van der Waals surface area contributed by atoms with Gasteiger partial charge in [-0.25, -0.2) is 4.98 Å². The monoisotopic (exact) mass is 292 g/mol. The molecule has 2 aromatic heterocycles. The van der Waals surface area contributed by atoms with Gasteiger partial charge < -0.3 is 4.74 Å². The SMILES string of the molecule is Cc1nc2c(OCC3CCCCC3)cccn2c1CCl. The van der Waals surface area contributed by atoms with Crippen LogP contribution in [0.4, 0.5) is 0 Å². The Hall–Kier alpha value is -1.22. The number of nitrogens with zero attached hydrogens (tertiary/aromatic N) is 2. The van der Waals surface area contributed by atoms with E-state index in [-0.39, 0.29) is 0 Å². The fourth-order valence-electron chi connectivity index (χ4n) is 3.04. The lowest BCUT2D eigenvalue weighted by molar-refractivity contribution is 0.210. The molecule has 0 saturated heterocycles. The van der Waals surface area contributed by atoms with Gasteiger partial charge in [-0.15, -0.1) is 11.6 Å². The summed E-state index contributed by atoms with van der Waals surface area (Å²) >= 11 is 6.00. The molecule has 0 aliphatic heterocycles. The molecule has 1 aliphatic carbocycles. The van der Waals surface area contributed by atoms with Crippen LogP contribution in [-0.4, -0.2) is 16.0 Å². The molecule has 0 aromatic carbocycles. The zero-order valence-electron chi connectivity index (χ0n) is 11.9. The molecule has 0 amide bonds. The number of halogens is 1. The Morgan fingerprint density at radius 2 is 2.15 bits per heavy atom. The number of alkyl halides is 1. The summed E-state index contributed by atoms with van der Waals surface area (Å²) in [6, 6.07) is 4.00. The highest BCUT2D eigenvalue weighted by atomic mass is 35.5. The molecule has 0 atom stereocenters. The fourth-order valence-corrected chi connectivity index (χ4v) is 3.36. The number of hydrogen-bond acceptors (Lipinski definition) is 2.